The van der Waals surface area contributed by atoms with Gasteiger partial charge in [0, 0.05) is 29.3 Å². The normalized spacial score (nSPS) is 16.0. The molecule has 4 rings (SSSR count). The molecule has 1 atom stereocenters. The molecule has 7 nitrogen and oxygen atoms in total. The van der Waals surface area contributed by atoms with Gasteiger partial charge in [0.25, 0.3) is 5.91 Å². The van der Waals surface area contributed by atoms with Gasteiger partial charge in [-0.2, -0.15) is 0 Å². The molecule has 3 aromatic rings. The van der Waals surface area contributed by atoms with Gasteiger partial charge in [-0.15, -0.1) is 0 Å². The van der Waals surface area contributed by atoms with Crippen molar-refractivity contribution >= 4 is 17.4 Å². The number of carbonyl (C=O) groups excluding carboxylic acids is 2. The SMILES string of the molecule is Cc1cc(-c2ccc(N3C(=O)C(O)=C(C(=O)CC(C)C)C3c3ccccc3OC(C)C)cc2)on1. The van der Waals surface area contributed by atoms with E-state index in [1.807, 2.05) is 77.1 Å². The van der Waals surface area contributed by atoms with Crippen molar-refractivity contribution in [2.75, 3.05) is 4.90 Å². The number of anilines is 1. The summed E-state index contributed by atoms with van der Waals surface area (Å²) in [5.41, 5.74) is 2.84. The number of benzene rings is 2. The van der Waals surface area contributed by atoms with E-state index in [0.717, 1.165) is 11.3 Å². The minimum atomic E-state index is -0.818. The fourth-order valence-electron chi connectivity index (χ4n) is 4.28. The summed E-state index contributed by atoms with van der Waals surface area (Å²) in [5, 5.41) is 14.8. The Balaban J connectivity index is 1.82. The van der Waals surface area contributed by atoms with E-state index in [9.17, 15) is 14.7 Å². The maximum absolute atomic E-state index is 13.4. The van der Waals surface area contributed by atoms with E-state index in [0.29, 0.717) is 22.8 Å². The first kappa shape index (κ1) is 24.3. The zero-order chi connectivity index (χ0) is 25.3. The van der Waals surface area contributed by atoms with Gasteiger partial charge in [-0.25, -0.2) is 0 Å². The molecule has 7 heteroatoms. The molecule has 2 aromatic carbocycles. The minimum Gasteiger partial charge on any atom is -0.503 e. The van der Waals surface area contributed by atoms with E-state index in [1.54, 1.807) is 12.1 Å². The second-order valence-corrected chi connectivity index (χ2v) is 9.44. The van der Waals surface area contributed by atoms with Crippen molar-refractivity contribution in [2.24, 2.45) is 5.92 Å². The molecule has 1 unspecified atom stereocenters. The molecular weight excluding hydrogens is 444 g/mol. The zero-order valence-corrected chi connectivity index (χ0v) is 20.6. The maximum Gasteiger partial charge on any atom is 0.294 e. The van der Waals surface area contributed by atoms with Crippen LogP contribution < -0.4 is 9.64 Å². The number of ether oxygens (including phenoxy) is 1. The standard InChI is InChI=1S/C28H30N2O5/c1-16(2)14-22(31)25-26(21-8-6-7-9-23(21)34-17(3)4)30(28(33)27(25)32)20-12-10-19(11-13-20)24-15-18(5)29-35-24/h6-13,15-17,26,32H,14H2,1-5H3. The Bertz CT molecular complexity index is 1270. The summed E-state index contributed by atoms with van der Waals surface area (Å²) in [6, 6.07) is 15.5. The van der Waals surface area contributed by atoms with E-state index in [2.05, 4.69) is 5.16 Å². The number of amides is 1. The molecule has 0 saturated heterocycles. The van der Waals surface area contributed by atoms with Crippen molar-refractivity contribution in [1.82, 2.24) is 5.16 Å². The third kappa shape index (κ3) is 4.85. The third-order valence-corrected chi connectivity index (χ3v) is 5.74. The molecule has 1 aliphatic heterocycles. The van der Waals surface area contributed by atoms with Gasteiger partial charge in [0.05, 0.1) is 23.4 Å². The number of para-hydroxylation sites is 1. The second kappa shape index (κ2) is 9.78. The van der Waals surface area contributed by atoms with Crippen molar-refractivity contribution in [3.05, 3.63) is 77.2 Å². The van der Waals surface area contributed by atoms with Crippen molar-refractivity contribution < 1.29 is 24.0 Å². The van der Waals surface area contributed by atoms with Crippen LogP contribution in [0.3, 0.4) is 0 Å². The van der Waals surface area contributed by atoms with E-state index in [4.69, 9.17) is 9.26 Å². The summed E-state index contributed by atoms with van der Waals surface area (Å²) in [7, 11) is 0. The Morgan fingerprint density at radius 3 is 2.40 bits per heavy atom. The molecule has 35 heavy (non-hydrogen) atoms. The average molecular weight is 475 g/mol. The fraction of sp³-hybridized carbons (Fsp3) is 0.321. The lowest BCUT2D eigenvalue weighted by atomic mass is 9.91. The number of ketones is 1. The molecule has 2 heterocycles. The first-order valence-electron chi connectivity index (χ1n) is 11.8. The van der Waals surface area contributed by atoms with Gasteiger partial charge in [0.15, 0.2) is 17.3 Å². The summed E-state index contributed by atoms with van der Waals surface area (Å²) in [4.78, 5) is 28.1. The number of hydrogen-bond donors (Lipinski definition) is 1. The average Bonchev–Trinajstić information content (AvgIpc) is 3.34. The summed E-state index contributed by atoms with van der Waals surface area (Å²) in [5.74, 6) is -0.156. The number of nitrogens with zero attached hydrogens (tertiary/aromatic N) is 2. The monoisotopic (exact) mass is 474 g/mol. The van der Waals surface area contributed by atoms with E-state index >= 15 is 0 Å². The van der Waals surface area contributed by atoms with E-state index in [1.165, 1.54) is 4.90 Å². The highest BCUT2D eigenvalue weighted by atomic mass is 16.5. The van der Waals surface area contributed by atoms with Gasteiger partial charge >= 0.3 is 0 Å². The molecule has 0 radical (unpaired) electrons. The summed E-state index contributed by atoms with van der Waals surface area (Å²) in [6.45, 7) is 9.53. The number of rotatable bonds is 8. The number of aliphatic hydroxyl groups excluding tert-OH is 1. The van der Waals surface area contributed by atoms with Gasteiger partial charge in [-0.05, 0) is 57.0 Å². The van der Waals surface area contributed by atoms with Crippen LogP contribution in [-0.4, -0.2) is 28.1 Å². The van der Waals surface area contributed by atoms with Crippen molar-refractivity contribution in [1.29, 1.82) is 0 Å². The highest BCUT2D eigenvalue weighted by Crippen LogP contribution is 2.45. The Kier molecular flexibility index (Phi) is 6.78. The first-order valence-corrected chi connectivity index (χ1v) is 11.8. The van der Waals surface area contributed by atoms with Crippen LogP contribution in [0.4, 0.5) is 5.69 Å². The Hall–Kier alpha value is -3.87. The molecule has 0 bridgehead atoms. The van der Waals surface area contributed by atoms with Crippen molar-refractivity contribution in [3.63, 3.8) is 0 Å². The number of Topliss-reactive ketones (excluding diaryl/α,β-unsaturated/α-hetero) is 1. The second-order valence-electron chi connectivity index (χ2n) is 9.44. The quantitative estimate of drug-likeness (QED) is 0.433. The molecular formula is C28H30N2O5. The summed E-state index contributed by atoms with van der Waals surface area (Å²) >= 11 is 0. The number of aryl methyl sites for hydroxylation is 1. The highest BCUT2D eigenvalue weighted by molar-refractivity contribution is 6.16. The minimum absolute atomic E-state index is 0.0689. The number of carbonyl (C=O) groups is 2. The van der Waals surface area contributed by atoms with Crippen LogP contribution in [0.1, 0.15) is 51.4 Å². The predicted molar refractivity (Wildman–Crippen MR) is 133 cm³/mol. The molecule has 1 amide bonds. The molecule has 0 fully saturated rings. The van der Waals surface area contributed by atoms with Crippen LogP contribution in [0.2, 0.25) is 0 Å². The third-order valence-electron chi connectivity index (χ3n) is 5.74. The lowest BCUT2D eigenvalue weighted by Crippen LogP contribution is -2.31. The van der Waals surface area contributed by atoms with Gasteiger partial charge in [0.1, 0.15) is 5.75 Å². The topological polar surface area (TPSA) is 92.9 Å². The number of hydrogen-bond acceptors (Lipinski definition) is 6. The van der Waals surface area contributed by atoms with Crippen molar-refractivity contribution in [2.45, 2.75) is 53.2 Å². The smallest absolute Gasteiger partial charge is 0.294 e. The Morgan fingerprint density at radius 1 is 1.11 bits per heavy atom. The maximum atomic E-state index is 13.4. The van der Waals surface area contributed by atoms with Crippen LogP contribution in [0.25, 0.3) is 11.3 Å². The largest absolute Gasteiger partial charge is 0.503 e. The van der Waals surface area contributed by atoms with Gasteiger partial charge in [-0.3, -0.25) is 14.5 Å². The van der Waals surface area contributed by atoms with Gasteiger partial charge in [0.2, 0.25) is 0 Å². The fourth-order valence-corrected chi connectivity index (χ4v) is 4.28. The first-order chi connectivity index (χ1) is 16.7. The number of aromatic nitrogens is 1. The van der Waals surface area contributed by atoms with E-state index in [-0.39, 0.29) is 29.8 Å². The molecule has 1 aromatic heterocycles. The molecule has 182 valence electrons. The van der Waals surface area contributed by atoms with Crippen LogP contribution >= 0.6 is 0 Å². The zero-order valence-electron chi connectivity index (χ0n) is 20.6. The molecule has 0 saturated carbocycles. The Morgan fingerprint density at radius 2 is 1.80 bits per heavy atom. The number of aliphatic hydroxyl groups is 1. The molecule has 1 aliphatic rings. The molecule has 0 spiro atoms. The summed E-state index contributed by atoms with van der Waals surface area (Å²) in [6.07, 6.45) is 0.104. The predicted octanol–water partition coefficient (Wildman–Crippen LogP) is 5.95. The van der Waals surface area contributed by atoms with Gasteiger partial charge < -0.3 is 14.4 Å². The van der Waals surface area contributed by atoms with Crippen LogP contribution in [0.5, 0.6) is 5.75 Å². The lowest BCUT2D eigenvalue weighted by molar-refractivity contribution is -0.118. The molecule has 1 N–H and O–H groups in total. The lowest BCUT2D eigenvalue weighted by Gasteiger charge is -2.29. The van der Waals surface area contributed by atoms with Crippen LogP contribution in [-0.2, 0) is 9.59 Å². The van der Waals surface area contributed by atoms with Crippen LogP contribution in [0.15, 0.2) is 70.5 Å². The van der Waals surface area contributed by atoms with Gasteiger partial charge in [-0.1, -0.05) is 37.2 Å². The van der Waals surface area contributed by atoms with Crippen LogP contribution in [0, 0.1) is 12.8 Å². The van der Waals surface area contributed by atoms with Crippen molar-refractivity contribution in [3.8, 4) is 17.1 Å². The Labute approximate surface area is 205 Å². The summed E-state index contributed by atoms with van der Waals surface area (Å²) < 4.78 is 11.4. The van der Waals surface area contributed by atoms with E-state index < -0.39 is 17.7 Å². The highest BCUT2D eigenvalue weighted by Gasteiger charge is 2.45. The molecule has 0 aliphatic carbocycles.